The zero-order valence-electron chi connectivity index (χ0n) is 10.7. The van der Waals surface area contributed by atoms with Gasteiger partial charge in [0.25, 0.3) is 0 Å². The van der Waals surface area contributed by atoms with Gasteiger partial charge in [0, 0.05) is 9.75 Å². The van der Waals surface area contributed by atoms with Crippen LogP contribution in [0.4, 0.5) is 0 Å². The fourth-order valence-corrected chi connectivity index (χ4v) is 3.04. The Labute approximate surface area is 108 Å². The van der Waals surface area contributed by atoms with Crippen LogP contribution in [0.15, 0.2) is 36.4 Å². The van der Waals surface area contributed by atoms with Gasteiger partial charge in [-0.05, 0) is 43.7 Å². The summed E-state index contributed by atoms with van der Waals surface area (Å²) in [5.41, 5.74) is 2.73. The molecule has 1 aromatic heterocycles. The van der Waals surface area contributed by atoms with Crippen molar-refractivity contribution >= 4 is 11.3 Å². The average molecular weight is 245 g/mol. The molecule has 1 unspecified atom stereocenters. The lowest BCUT2D eigenvalue weighted by Crippen LogP contribution is -2.16. The average Bonchev–Trinajstić information content (AvgIpc) is 2.78. The SMILES string of the molecule is CCc1ccc(C(NC)c2ccc(C)s2)cc1. The molecule has 0 saturated heterocycles. The summed E-state index contributed by atoms with van der Waals surface area (Å²) < 4.78 is 0. The third-order valence-electron chi connectivity index (χ3n) is 3.06. The molecule has 0 bridgehead atoms. The second-order valence-electron chi connectivity index (χ2n) is 4.27. The molecule has 1 atom stereocenters. The molecule has 2 rings (SSSR count). The van der Waals surface area contributed by atoms with E-state index in [0.717, 1.165) is 6.42 Å². The maximum Gasteiger partial charge on any atom is 0.0668 e. The number of aryl methyl sites for hydroxylation is 2. The number of thiophene rings is 1. The minimum Gasteiger partial charge on any atom is -0.309 e. The first-order chi connectivity index (χ1) is 8.24. The second kappa shape index (κ2) is 5.48. The fourth-order valence-electron chi connectivity index (χ4n) is 2.03. The lowest BCUT2D eigenvalue weighted by molar-refractivity contribution is 0.703. The molecule has 1 heterocycles. The van der Waals surface area contributed by atoms with E-state index in [1.807, 2.05) is 18.4 Å². The summed E-state index contributed by atoms with van der Waals surface area (Å²) in [5, 5.41) is 3.40. The van der Waals surface area contributed by atoms with Gasteiger partial charge in [-0.15, -0.1) is 11.3 Å². The lowest BCUT2D eigenvalue weighted by atomic mass is 10.0. The molecule has 2 aromatic rings. The number of hydrogen-bond donors (Lipinski definition) is 1. The van der Waals surface area contributed by atoms with Crippen LogP contribution in [0.5, 0.6) is 0 Å². The zero-order valence-corrected chi connectivity index (χ0v) is 11.5. The Morgan fingerprint density at radius 2 is 1.82 bits per heavy atom. The topological polar surface area (TPSA) is 12.0 Å². The third kappa shape index (κ3) is 2.76. The van der Waals surface area contributed by atoms with Crippen LogP contribution in [-0.4, -0.2) is 7.05 Å². The first-order valence-corrected chi connectivity index (χ1v) is 6.88. The predicted octanol–water partition coefficient (Wildman–Crippen LogP) is 3.93. The maximum atomic E-state index is 3.40. The Morgan fingerprint density at radius 3 is 2.29 bits per heavy atom. The monoisotopic (exact) mass is 245 g/mol. The van der Waals surface area contributed by atoms with Crippen LogP contribution in [0.2, 0.25) is 0 Å². The first-order valence-electron chi connectivity index (χ1n) is 6.07. The van der Waals surface area contributed by atoms with Crippen LogP contribution in [-0.2, 0) is 6.42 Å². The van der Waals surface area contributed by atoms with E-state index in [1.54, 1.807) is 0 Å². The largest absolute Gasteiger partial charge is 0.309 e. The lowest BCUT2D eigenvalue weighted by Gasteiger charge is -2.15. The van der Waals surface area contributed by atoms with Crippen molar-refractivity contribution in [3.63, 3.8) is 0 Å². The van der Waals surface area contributed by atoms with Crippen LogP contribution in [0, 0.1) is 6.92 Å². The molecule has 0 saturated carbocycles. The summed E-state index contributed by atoms with van der Waals surface area (Å²) >= 11 is 1.86. The van der Waals surface area contributed by atoms with Crippen molar-refractivity contribution in [1.82, 2.24) is 5.32 Å². The molecule has 2 heteroatoms. The Hall–Kier alpha value is -1.12. The maximum absolute atomic E-state index is 3.40. The molecule has 90 valence electrons. The molecular formula is C15H19NS. The molecule has 0 aliphatic heterocycles. The van der Waals surface area contributed by atoms with Crippen molar-refractivity contribution in [2.45, 2.75) is 26.3 Å². The van der Waals surface area contributed by atoms with Gasteiger partial charge in [0.1, 0.15) is 0 Å². The van der Waals surface area contributed by atoms with Gasteiger partial charge >= 0.3 is 0 Å². The van der Waals surface area contributed by atoms with Crippen LogP contribution < -0.4 is 5.32 Å². The quantitative estimate of drug-likeness (QED) is 0.860. The summed E-state index contributed by atoms with van der Waals surface area (Å²) in [4.78, 5) is 2.75. The van der Waals surface area contributed by atoms with E-state index in [9.17, 15) is 0 Å². The van der Waals surface area contributed by atoms with Crippen molar-refractivity contribution in [1.29, 1.82) is 0 Å². The van der Waals surface area contributed by atoms with Crippen LogP contribution in [0.25, 0.3) is 0 Å². The minimum atomic E-state index is 0.319. The van der Waals surface area contributed by atoms with Crippen LogP contribution in [0.1, 0.15) is 33.8 Å². The zero-order chi connectivity index (χ0) is 12.3. The Bertz CT molecular complexity index is 470. The summed E-state index contributed by atoms with van der Waals surface area (Å²) in [5.74, 6) is 0. The highest BCUT2D eigenvalue weighted by Crippen LogP contribution is 2.28. The number of benzene rings is 1. The van der Waals surface area contributed by atoms with Gasteiger partial charge in [-0.2, -0.15) is 0 Å². The molecule has 1 N–H and O–H groups in total. The summed E-state index contributed by atoms with van der Waals surface area (Å²) in [6, 6.07) is 13.6. The minimum absolute atomic E-state index is 0.319. The van der Waals surface area contributed by atoms with Gasteiger partial charge in [-0.25, -0.2) is 0 Å². The number of hydrogen-bond acceptors (Lipinski definition) is 2. The van der Waals surface area contributed by atoms with Gasteiger partial charge in [-0.1, -0.05) is 31.2 Å². The molecule has 0 fully saturated rings. The number of nitrogens with one attached hydrogen (secondary N) is 1. The molecule has 0 radical (unpaired) electrons. The van der Waals surface area contributed by atoms with Crippen LogP contribution >= 0.6 is 11.3 Å². The van der Waals surface area contributed by atoms with E-state index in [0.29, 0.717) is 6.04 Å². The van der Waals surface area contributed by atoms with E-state index in [-0.39, 0.29) is 0 Å². The molecule has 1 aromatic carbocycles. The Morgan fingerprint density at radius 1 is 1.12 bits per heavy atom. The molecule has 0 aliphatic carbocycles. The summed E-state index contributed by atoms with van der Waals surface area (Å²) in [7, 11) is 2.02. The van der Waals surface area contributed by atoms with Gasteiger partial charge in [0.15, 0.2) is 0 Å². The highest BCUT2D eigenvalue weighted by molar-refractivity contribution is 7.12. The van der Waals surface area contributed by atoms with Crippen molar-refractivity contribution in [3.8, 4) is 0 Å². The summed E-state index contributed by atoms with van der Waals surface area (Å²) in [6.45, 7) is 4.34. The Balaban J connectivity index is 2.28. The van der Waals surface area contributed by atoms with Crippen LogP contribution in [0.3, 0.4) is 0 Å². The highest BCUT2D eigenvalue weighted by atomic mass is 32.1. The van der Waals surface area contributed by atoms with Gasteiger partial charge in [0.05, 0.1) is 6.04 Å². The van der Waals surface area contributed by atoms with Crippen molar-refractivity contribution in [3.05, 3.63) is 57.3 Å². The molecule has 0 spiro atoms. The predicted molar refractivity (Wildman–Crippen MR) is 75.8 cm³/mol. The van der Waals surface area contributed by atoms with E-state index < -0.39 is 0 Å². The van der Waals surface area contributed by atoms with Crippen molar-refractivity contribution in [2.24, 2.45) is 0 Å². The van der Waals surface area contributed by atoms with E-state index in [4.69, 9.17) is 0 Å². The molecule has 17 heavy (non-hydrogen) atoms. The van der Waals surface area contributed by atoms with Gasteiger partial charge in [-0.3, -0.25) is 0 Å². The Kier molecular flexibility index (Phi) is 3.97. The van der Waals surface area contributed by atoms with Gasteiger partial charge in [0.2, 0.25) is 0 Å². The normalized spacial score (nSPS) is 12.6. The molecule has 0 aliphatic rings. The molecular weight excluding hydrogens is 226 g/mol. The van der Waals surface area contributed by atoms with E-state index in [2.05, 4.69) is 55.6 Å². The van der Waals surface area contributed by atoms with Crippen molar-refractivity contribution < 1.29 is 0 Å². The molecule has 0 amide bonds. The smallest absolute Gasteiger partial charge is 0.0668 e. The first kappa shape index (κ1) is 12.3. The van der Waals surface area contributed by atoms with E-state index in [1.165, 1.54) is 20.9 Å². The van der Waals surface area contributed by atoms with Crippen molar-refractivity contribution in [2.75, 3.05) is 7.05 Å². The highest BCUT2D eigenvalue weighted by Gasteiger charge is 2.13. The summed E-state index contributed by atoms with van der Waals surface area (Å²) in [6.07, 6.45) is 1.10. The standard InChI is InChI=1S/C15H19NS/c1-4-12-6-8-13(9-7-12)15(16-3)14-10-5-11(2)17-14/h5-10,15-16H,4H2,1-3H3. The fraction of sp³-hybridized carbons (Fsp3) is 0.333. The van der Waals surface area contributed by atoms with Gasteiger partial charge < -0.3 is 5.32 Å². The van der Waals surface area contributed by atoms with E-state index >= 15 is 0 Å². The second-order valence-corrected chi connectivity index (χ2v) is 5.58. The number of rotatable bonds is 4. The third-order valence-corrected chi connectivity index (χ3v) is 4.12. The molecule has 1 nitrogen and oxygen atoms in total.